The summed E-state index contributed by atoms with van der Waals surface area (Å²) in [6.45, 7) is 1.37. The molecule has 0 spiro atoms. The molecular formula is C3H12O9S3. The van der Waals surface area contributed by atoms with E-state index in [9.17, 15) is 8.42 Å². The molecule has 0 aliphatic carbocycles. The van der Waals surface area contributed by atoms with E-state index in [1.54, 1.807) is 0 Å². The topological polar surface area (TPSA) is 169 Å². The highest BCUT2D eigenvalue weighted by Gasteiger charge is 1.93. The summed E-state index contributed by atoms with van der Waals surface area (Å²) >= 11 is -2.61. The van der Waals surface area contributed by atoms with Gasteiger partial charge in [-0.25, -0.2) is 4.79 Å². The number of carboxylic acid groups (broad SMARTS) is 2. The molecule has 0 aromatic carbocycles. The van der Waals surface area contributed by atoms with Crippen molar-refractivity contribution in [3.63, 3.8) is 0 Å². The molecule has 0 heterocycles. The predicted molar refractivity (Wildman–Crippen MR) is 56.5 cm³/mol. The van der Waals surface area contributed by atoms with E-state index >= 15 is 0 Å². The molecule has 96 valence electrons. The molecule has 5 N–H and O–H groups in total. The summed E-state index contributed by atoms with van der Waals surface area (Å²) in [5.74, 6) is -0.201. The van der Waals surface area contributed by atoms with Crippen LogP contribution in [0.2, 0.25) is 0 Å². The molecule has 0 aliphatic heterocycles. The molecule has 9 nitrogen and oxygen atoms in total. The summed E-state index contributed by atoms with van der Waals surface area (Å²) < 4.78 is 49.7. The van der Waals surface area contributed by atoms with Crippen LogP contribution in [0.15, 0.2) is 0 Å². The lowest BCUT2D eigenvalue weighted by Gasteiger charge is -1.79. The predicted octanol–water partition coefficient (Wildman–Crippen LogP) is -0.0896. The van der Waals surface area contributed by atoms with Gasteiger partial charge in [-0.2, -0.15) is 26.1 Å². The van der Waals surface area contributed by atoms with E-state index < -0.39 is 27.6 Å². The van der Waals surface area contributed by atoms with E-state index in [0.717, 1.165) is 0 Å². The average molecular weight is 288 g/mol. The van der Waals surface area contributed by atoms with E-state index in [4.69, 9.17) is 32.9 Å². The van der Waals surface area contributed by atoms with Crippen molar-refractivity contribution in [1.82, 2.24) is 0 Å². The van der Waals surface area contributed by atoms with Crippen LogP contribution >= 0.6 is 13.5 Å². The number of rotatable bonds is 1. The molecule has 0 aromatic heterocycles. The van der Waals surface area contributed by atoms with Gasteiger partial charge in [0.2, 0.25) is 0 Å². The Morgan fingerprint density at radius 1 is 1.27 bits per heavy atom. The SMILES string of the molecule is CCS(=O)(=O)O.O=C(O)O.O=S(O)O.S. The molecular weight excluding hydrogens is 276 g/mol. The summed E-state index contributed by atoms with van der Waals surface area (Å²) in [7, 11) is -3.66. The first-order valence-corrected chi connectivity index (χ1v) is 5.37. The third-order valence-electron chi connectivity index (χ3n) is 0.365. The van der Waals surface area contributed by atoms with E-state index in [-0.39, 0.29) is 19.2 Å². The lowest BCUT2D eigenvalue weighted by Crippen LogP contribution is -1.97. The second-order valence-corrected chi connectivity index (χ2v) is 3.59. The molecule has 0 unspecified atom stereocenters. The standard InChI is InChI=1S/C2H6O3S.CH2O3.H2O3S.H2S/c1-2-6(3,4)5;2-1(3)4;1-4(2)3;/h2H2,1H3,(H,3,4,5);(H2,2,3,4);(H2,1,2,3);1H2. The van der Waals surface area contributed by atoms with Crippen molar-refractivity contribution in [1.29, 1.82) is 0 Å². The van der Waals surface area contributed by atoms with Crippen LogP contribution in [-0.2, 0) is 21.5 Å². The van der Waals surface area contributed by atoms with E-state index in [1.807, 2.05) is 0 Å². The monoisotopic (exact) mass is 288 g/mol. The molecule has 0 amide bonds. The quantitative estimate of drug-likeness (QED) is 0.327. The van der Waals surface area contributed by atoms with Crippen molar-refractivity contribution in [2.24, 2.45) is 0 Å². The lowest BCUT2D eigenvalue weighted by molar-refractivity contribution is 0.137. The van der Waals surface area contributed by atoms with Crippen molar-refractivity contribution in [3.05, 3.63) is 0 Å². The molecule has 0 rings (SSSR count). The van der Waals surface area contributed by atoms with Crippen molar-refractivity contribution in [2.45, 2.75) is 6.92 Å². The maximum absolute atomic E-state index is 9.56. The minimum atomic E-state index is -3.66. The normalized spacial score (nSPS) is 8.60. The van der Waals surface area contributed by atoms with E-state index in [0.29, 0.717) is 0 Å². The first-order valence-electron chi connectivity index (χ1n) is 2.69. The minimum absolute atomic E-state index is 0. The van der Waals surface area contributed by atoms with Gasteiger partial charge < -0.3 is 10.2 Å². The van der Waals surface area contributed by atoms with Crippen molar-refractivity contribution in [3.8, 4) is 0 Å². The molecule has 0 fully saturated rings. The fraction of sp³-hybridized carbons (Fsp3) is 0.667. The Morgan fingerprint density at radius 2 is 1.33 bits per heavy atom. The van der Waals surface area contributed by atoms with Crippen LogP contribution in [0.3, 0.4) is 0 Å². The maximum Gasteiger partial charge on any atom is 0.503 e. The fourth-order valence-corrected chi connectivity index (χ4v) is 0. The van der Waals surface area contributed by atoms with Gasteiger partial charge >= 0.3 is 6.16 Å². The maximum atomic E-state index is 9.56. The Balaban J connectivity index is -0.0000000606. The molecule has 0 bridgehead atoms. The Labute approximate surface area is 95.4 Å². The van der Waals surface area contributed by atoms with Crippen molar-refractivity contribution in [2.75, 3.05) is 5.75 Å². The Kier molecular flexibility index (Phi) is 21.8. The van der Waals surface area contributed by atoms with Crippen LogP contribution in [0.1, 0.15) is 6.92 Å². The second kappa shape index (κ2) is 13.6. The summed E-state index contributed by atoms with van der Waals surface area (Å²) in [5.41, 5.74) is 0. The Hall–Kier alpha value is -0.400. The molecule has 0 aliphatic rings. The minimum Gasteiger partial charge on any atom is -0.450 e. The number of carbonyl (C=O) groups is 1. The largest absolute Gasteiger partial charge is 0.503 e. The highest BCUT2D eigenvalue weighted by Crippen LogP contribution is 1.74. The third-order valence-corrected chi connectivity index (χ3v) is 1.09. The average Bonchev–Trinajstić information content (AvgIpc) is 1.83. The van der Waals surface area contributed by atoms with Gasteiger partial charge in [0.1, 0.15) is 0 Å². The van der Waals surface area contributed by atoms with Gasteiger partial charge in [0.15, 0.2) is 0 Å². The lowest BCUT2D eigenvalue weighted by atomic mass is 11.0. The molecule has 15 heavy (non-hydrogen) atoms. The van der Waals surface area contributed by atoms with Crippen LogP contribution in [0, 0.1) is 0 Å². The van der Waals surface area contributed by atoms with Crippen LogP contribution in [0.4, 0.5) is 4.79 Å². The Bertz CT molecular complexity index is 236. The molecule has 0 saturated carbocycles. The fourth-order valence-electron chi connectivity index (χ4n) is 0. The van der Waals surface area contributed by atoms with Gasteiger partial charge in [-0.05, 0) is 6.92 Å². The highest BCUT2D eigenvalue weighted by atomic mass is 32.2. The molecule has 0 atom stereocenters. The third kappa shape index (κ3) is 271. The summed E-state index contributed by atoms with van der Waals surface area (Å²) in [6, 6.07) is 0. The summed E-state index contributed by atoms with van der Waals surface area (Å²) in [6.07, 6.45) is -1.83. The van der Waals surface area contributed by atoms with Crippen molar-refractivity contribution < 1.29 is 41.3 Å². The van der Waals surface area contributed by atoms with Crippen molar-refractivity contribution >= 4 is 41.1 Å². The zero-order chi connectivity index (χ0) is 12.4. The van der Waals surface area contributed by atoms with E-state index in [2.05, 4.69) is 0 Å². The zero-order valence-electron chi connectivity index (χ0n) is 7.39. The van der Waals surface area contributed by atoms with Gasteiger partial charge in [-0.1, -0.05) is 0 Å². The van der Waals surface area contributed by atoms with E-state index in [1.165, 1.54) is 6.92 Å². The van der Waals surface area contributed by atoms with Crippen LogP contribution < -0.4 is 0 Å². The van der Waals surface area contributed by atoms with Crippen LogP contribution in [0.5, 0.6) is 0 Å². The first kappa shape index (κ1) is 24.0. The zero-order valence-corrected chi connectivity index (χ0v) is 10.0. The van der Waals surface area contributed by atoms with Crippen LogP contribution in [-0.4, -0.2) is 48.4 Å². The van der Waals surface area contributed by atoms with Gasteiger partial charge in [0, 0.05) is 0 Å². The number of hydrogen-bond donors (Lipinski definition) is 5. The molecule has 0 saturated heterocycles. The number of hydrogen-bond acceptors (Lipinski definition) is 4. The summed E-state index contributed by atoms with van der Waals surface area (Å²) in [4.78, 5) is 8.56. The smallest absolute Gasteiger partial charge is 0.450 e. The highest BCUT2D eigenvalue weighted by molar-refractivity contribution is 7.85. The Morgan fingerprint density at radius 3 is 1.33 bits per heavy atom. The first-order chi connectivity index (χ1) is 6.02. The summed E-state index contributed by atoms with van der Waals surface area (Å²) in [5, 5.41) is 13.9. The van der Waals surface area contributed by atoms with Gasteiger partial charge in [0.05, 0.1) is 5.75 Å². The second-order valence-electron chi connectivity index (χ2n) is 1.38. The van der Waals surface area contributed by atoms with Gasteiger partial charge in [0.25, 0.3) is 21.5 Å². The molecule has 0 radical (unpaired) electrons. The van der Waals surface area contributed by atoms with Crippen LogP contribution in [0.25, 0.3) is 0 Å². The van der Waals surface area contributed by atoms with Gasteiger partial charge in [-0.15, -0.1) is 0 Å². The van der Waals surface area contributed by atoms with Gasteiger partial charge in [-0.3, -0.25) is 13.7 Å². The molecule has 0 aromatic rings. The molecule has 12 heteroatoms.